The average molecular weight is 276 g/mol. The van der Waals surface area contributed by atoms with E-state index in [-0.39, 0.29) is 6.54 Å². The number of nitrogens with one attached hydrogen (secondary N) is 1. The number of alkyl halides is 3. The summed E-state index contributed by atoms with van der Waals surface area (Å²) in [4.78, 5) is 11.5. The molecule has 0 aliphatic heterocycles. The van der Waals surface area contributed by atoms with Crippen LogP contribution in [0.5, 0.6) is 0 Å². The van der Waals surface area contributed by atoms with Crippen molar-refractivity contribution >= 4 is 0 Å². The summed E-state index contributed by atoms with van der Waals surface area (Å²) < 4.78 is 39.0. The van der Waals surface area contributed by atoms with Crippen LogP contribution in [-0.4, -0.2) is 17.7 Å². The zero-order valence-electron chi connectivity index (χ0n) is 11.0. The second-order valence-corrected chi connectivity index (χ2v) is 4.36. The summed E-state index contributed by atoms with van der Waals surface area (Å²) in [5.74, 6) is 0. The molecule has 0 spiro atoms. The van der Waals surface area contributed by atoms with Gasteiger partial charge in [-0.2, -0.15) is 13.2 Å². The minimum absolute atomic E-state index is 0.0995. The normalized spacial score (nSPS) is 11.8. The second-order valence-electron chi connectivity index (χ2n) is 4.36. The van der Waals surface area contributed by atoms with Crippen molar-refractivity contribution in [3.63, 3.8) is 0 Å². The van der Waals surface area contributed by atoms with Crippen LogP contribution < -0.4 is 10.9 Å². The van der Waals surface area contributed by atoms with Crippen LogP contribution in [0.3, 0.4) is 0 Å². The number of hydrogen-bond acceptors (Lipinski definition) is 2. The highest BCUT2D eigenvalue weighted by Gasteiger charge is 2.33. The zero-order valence-corrected chi connectivity index (χ0v) is 11.0. The van der Waals surface area contributed by atoms with E-state index in [1.165, 1.54) is 0 Å². The largest absolute Gasteiger partial charge is 0.431 e. The van der Waals surface area contributed by atoms with Crippen LogP contribution in [0.1, 0.15) is 31.9 Å². The van der Waals surface area contributed by atoms with Crippen molar-refractivity contribution in [1.29, 1.82) is 0 Å². The van der Waals surface area contributed by atoms with Gasteiger partial charge in [0.05, 0.1) is 0 Å². The Bertz CT molecular complexity index is 440. The van der Waals surface area contributed by atoms with Gasteiger partial charge in [-0.25, -0.2) is 0 Å². The molecule has 0 atom stereocenters. The van der Waals surface area contributed by atoms with Gasteiger partial charge in [-0.15, -0.1) is 0 Å². The summed E-state index contributed by atoms with van der Waals surface area (Å²) in [5, 5.41) is 3.17. The molecule has 0 unspecified atom stereocenters. The first-order valence-electron chi connectivity index (χ1n) is 6.44. The highest BCUT2D eigenvalue weighted by atomic mass is 19.4. The third kappa shape index (κ3) is 5.06. The molecule has 0 radical (unpaired) electrons. The third-order valence-electron chi connectivity index (χ3n) is 2.75. The van der Waals surface area contributed by atoms with Crippen molar-refractivity contribution in [2.24, 2.45) is 0 Å². The van der Waals surface area contributed by atoms with Crippen LogP contribution in [0.4, 0.5) is 13.2 Å². The van der Waals surface area contributed by atoms with Crippen molar-refractivity contribution in [2.45, 2.75) is 38.9 Å². The summed E-state index contributed by atoms with van der Waals surface area (Å²) in [5.41, 5.74) is -1.47. The van der Waals surface area contributed by atoms with Crippen LogP contribution in [0, 0.1) is 0 Å². The summed E-state index contributed by atoms with van der Waals surface area (Å²) in [6, 6.07) is 3.24. The van der Waals surface area contributed by atoms with E-state index in [2.05, 4.69) is 5.32 Å². The van der Waals surface area contributed by atoms with Crippen molar-refractivity contribution in [1.82, 2.24) is 9.88 Å². The predicted molar refractivity (Wildman–Crippen MR) is 68.1 cm³/mol. The van der Waals surface area contributed by atoms with Gasteiger partial charge in [0.1, 0.15) is 5.69 Å². The number of aromatic nitrogens is 1. The van der Waals surface area contributed by atoms with Gasteiger partial charge < -0.3 is 9.88 Å². The topological polar surface area (TPSA) is 34.0 Å². The zero-order chi connectivity index (χ0) is 14.3. The third-order valence-corrected chi connectivity index (χ3v) is 2.75. The van der Waals surface area contributed by atoms with Gasteiger partial charge in [0.15, 0.2) is 0 Å². The minimum Gasteiger partial charge on any atom is -0.317 e. The van der Waals surface area contributed by atoms with Crippen molar-refractivity contribution in [3.8, 4) is 0 Å². The van der Waals surface area contributed by atoms with Gasteiger partial charge in [-0.1, -0.05) is 13.0 Å². The molecule has 0 saturated carbocycles. The number of nitrogens with zero attached hydrogens (tertiary/aromatic N) is 1. The van der Waals surface area contributed by atoms with Crippen molar-refractivity contribution < 1.29 is 13.2 Å². The first-order valence-corrected chi connectivity index (χ1v) is 6.44. The van der Waals surface area contributed by atoms with E-state index in [1.807, 2.05) is 6.92 Å². The maximum absolute atomic E-state index is 12.7. The van der Waals surface area contributed by atoms with Crippen LogP contribution >= 0.6 is 0 Å². The average Bonchev–Trinajstić information content (AvgIpc) is 2.33. The number of unbranched alkanes of at least 4 members (excludes halogenated alkanes) is 1. The molecule has 0 saturated heterocycles. The fraction of sp³-hybridized carbons (Fsp3) is 0.615. The summed E-state index contributed by atoms with van der Waals surface area (Å²) in [7, 11) is 0. The second kappa shape index (κ2) is 7.33. The summed E-state index contributed by atoms with van der Waals surface area (Å²) >= 11 is 0. The van der Waals surface area contributed by atoms with E-state index in [1.54, 1.807) is 0 Å². The molecule has 1 N–H and O–H groups in total. The molecule has 0 aromatic carbocycles. The lowest BCUT2D eigenvalue weighted by Gasteiger charge is -2.14. The van der Waals surface area contributed by atoms with Gasteiger partial charge in [0, 0.05) is 12.6 Å². The molecular weight excluding hydrogens is 257 g/mol. The quantitative estimate of drug-likeness (QED) is 0.777. The highest BCUT2D eigenvalue weighted by molar-refractivity contribution is 5.10. The van der Waals surface area contributed by atoms with E-state index in [0.29, 0.717) is 6.42 Å². The van der Waals surface area contributed by atoms with Crippen molar-refractivity contribution in [2.75, 3.05) is 13.1 Å². The molecule has 19 heavy (non-hydrogen) atoms. The Morgan fingerprint density at radius 1 is 1.21 bits per heavy atom. The smallest absolute Gasteiger partial charge is 0.317 e. The Hall–Kier alpha value is -1.30. The molecule has 0 aliphatic rings. The molecule has 0 aliphatic carbocycles. The Balaban J connectivity index is 2.60. The number of hydrogen-bond donors (Lipinski definition) is 1. The van der Waals surface area contributed by atoms with Gasteiger partial charge in [-0.05, 0) is 38.4 Å². The number of pyridine rings is 1. The van der Waals surface area contributed by atoms with E-state index < -0.39 is 17.4 Å². The Morgan fingerprint density at radius 2 is 1.95 bits per heavy atom. The van der Waals surface area contributed by atoms with E-state index in [9.17, 15) is 18.0 Å². The lowest BCUT2D eigenvalue weighted by molar-refractivity contribution is -0.144. The fourth-order valence-electron chi connectivity index (χ4n) is 1.82. The molecular formula is C13H19F3N2O. The SMILES string of the molecule is CCCNCCCCn1c(C(F)(F)F)cccc1=O. The molecule has 3 nitrogen and oxygen atoms in total. The molecule has 108 valence electrons. The molecule has 1 rings (SSSR count). The Kier molecular flexibility index (Phi) is 6.08. The Labute approximate surface area is 110 Å². The fourth-order valence-corrected chi connectivity index (χ4v) is 1.82. The molecule has 1 aromatic heterocycles. The standard InChI is InChI=1S/C13H19F3N2O/c1-2-8-17-9-3-4-10-18-11(13(14,15)16)6-5-7-12(18)19/h5-7,17H,2-4,8-10H2,1H3. The van der Waals surface area contributed by atoms with Crippen LogP contribution in [-0.2, 0) is 12.7 Å². The van der Waals surface area contributed by atoms with Gasteiger partial charge in [0.2, 0.25) is 0 Å². The lowest BCUT2D eigenvalue weighted by atomic mass is 10.2. The molecule has 0 fully saturated rings. The number of halogens is 3. The molecule has 1 heterocycles. The number of rotatable bonds is 7. The maximum Gasteiger partial charge on any atom is 0.431 e. The van der Waals surface area contributed by atoms with Crippen LogP contribution in [0.2, 0.25) is 0 Å². The minimum atomic E-state index is -4.49. The first kappa shape index (κ1) is 15.8. The van der Waals surface area contributed by atoms with Gasteiger partial charge in [0.25, 0.3) is 5.56 Å². The van der Waals surface area contributed by atoms with E-state index >= 15 is 0 Å². The lowest BCUT2D eigenvalue weighted by Crippen LogP contribution is -2.27. The summed E-state index contributed by atoms with van der Waals surface area (Å²) in [6.07, 6.45) is -2.17. The highest BCUT2D eigenvalue weighted by Crippen LogP contribution is 2.28. The van der Waals surface area contributed by atoms with Gasteiger partial charge >= 0.3 is 6.18 Å². The van der Waals surface area contributed by atoms with Crippen molar-refractivity contribution in [3.05, 3.63) is 34.2 Å². The predicted octanol–water partition coefficient (Wildman–Crippen LogP) is 2.65. The molecule has 0 amide bonds. The first-order chi connectivity index (χ1) is 8.96. The van der Waals surface area contributed by atoms with Crippen LogP contribution in [0.25, 0.3) is 0 Å². The van der Waals surface area contributed by atoms with E-state index in [0.717, 1.165) is 48.7 Å². The van der Waals surface area contributed by atoms with E-state index in [4.69, 9.17) is 0 Å². The summed E-state index contributed by atoms with van der Waals surface area (Å²) in [6.45, 7) is 3.81. The molecule has 0 bridgehead atoms. The Morgan fingerprint density at radius 3 is 2.58 bits per heavy atom. The molecule has 6 heteroatoms. The van der Waals surface area contributed by atoms with Gasteiger partial charge in [-0.3, -0.25) is 4.79 Å². The monoisotopic (exact) mass is 276 g/mol. The maximum atomic E-state index is 12.7. The molecule has 1 aromatic rings. The van der Waals surface area contributed by atoms with Crippen LogP contribution in [0.15, 0.2) is 23.0 Å².